The monoisotopic (exact) mass is 502 g/mol. The van der Waals surface area contributed by atoms with Crippen LogP contribution in [0.4, 0.5) is 4.39 Å². The fourth-order valence-corrected chi connectivity index (χ4v) is 4.54. The summed E-state index contributed by atoms with van der Waals surface area (Å²) in [5, 5.41) is 11.4. The number of Topliss-reactive ketones (excluding diaryl/α,β-unsaturated/α-hetero) is 1. The van der Waals surface area contributed by atoms with Crippen molar-refractivity contribution in [1.82, 2.24) is 9.80 Å². The normalized spacial score (nSPS) is 17.0. The van der Waals surface area contributed by atoms with E-state index in [1.165, 1.54) is 17.0 Å². The van der Waals surface area contributed by atoms with E-state index < -0.39 is 23.5 Å². The molecule has 0 aliphatic carbocycles. The van der Waals surface area contributed by atoms with Crippen molar-refractivity contribution in [1.29, 1.82) is 0 Å². The lowest BCUT2D eigenvalue weighted by atomic mass is 9.94. The lowest BCUT2D eigenvalue weighted by Crippen LogP contribution is -2.32. The minimum Gasteiger partial charge on any atom is -0.507 e. The van der Waals surface area contributed by atoms with Crippen LogP contribution in [0, 0.1) is 12.7 Å². The van der Waals surface area contributed by atoms with Crippen molar-refractivity contribution < 1.29 is 23.8 Å². The van der Waals surface area contributed by atoms with Crippen LogP contribution in [0.2, 0.25) is 0 Å². The largest absolute Gasteiger partial charge is 0.507 e. The van der Waals surface area contributed by atoms with E-state index in [4.69, 9.17) is 4.74 Å². The van der Waals surface area contributed by atoms with Crippen LogP contribution in [0.3, 0.4) is 0 Å². The lowest BCUT2D eigenvalue weighted by Gasteiger charge is -2.26. The number of rotatable bonds is 9. The molecule has 4 rings (SSSR count). The van der Waals surface area contributed by atoms with Gasteiger partial charge in [0.1, 0.15) is 23.9 Å². The second-order valence-electron chi connectivity index (χ2n) is 9.45. The number of aliphatic hydroxyl groups excluding tert-OH is 1. The summed E-state index contributed by atoms with van der Waals surface area (Å²) in [6.45, 7) is 3.26. The van der Waals surface area contributed by atoms with Gasteiger partial charge < -0.3 is 19.6 Å². The summed E-state index contributed by atoms with van der Waals surface area (Å²) in [7, 11) is 3.86. The van der Waals surface area contributed by atoms with Gasteiger partial charge in [0.2, 0.25) is 0 Å². The van der Waals surface area contributed by atoms with Crippen molar-refractivity contribution >= 4 is 17.4 Å². The lowest BCUT2D eigenvalue weighted by molar-refractivity contribution is -0.139. The summed E-state index contributed by atoms with van der Waals surface area (Å²) in [6, 6.07) is 19.8. The number of benzene rings is 3. The van der Waals surface area contributed by atoms with Gasteiger partial charge in [-0.15, -0.1) is 0 Å². The standard InChI is InChI=1S/C30H31FN2O4/c1-20-18-24(37-19-21-8-5-4-6-9-21)14-15-25(20)28(34)26-27(22-10-12-23(31)13-11-22)33(30(36)29(26)35)17-7-16-32(2)3/h4-6,8-15,18,27,34H,7,16-17,19H2,1-3H3/b28-26+/t27-/m1/s1. The smallest absolute Gasteiger partial charge is 0.295 e. The number of aryl methyl sites for hydroxylation is 1. The van der Waals surface area contributed by atoms with Crippen LogP contribution in [0.1, 0.15) is 34.7 Å². The molecule has 1 atom stereocenters. The first-order chi connectivity index (χ1) is 17.8. The Labute approximate surface area is 216 Å². The number of carbonyl (C=O) groups excluding carboxylic acids is 2. The van der Waals surface area contributed by atoms with Gasteiger partial charge >= 0.3 is 0 Å². The molecule has 7 heteroatoms. The van der Waals surface area contributed by atoms with E-state index in [1.54, 1.807) is 30.3 Å². The van der Waals surface area contributed by atoms with Crippen molar-refractivity contribution in [2.45, 2.75) is 26.0 Å². The van der Waals surface area contributed by atoms with Gasteiger partial charge in [0.15, 0.2) is 0 Å². The van der Waals surface area contributed by atoms with Gasteiger partial charge in [-0.3, -0.25) is 9.59 Å². The number of ketones is 1. The number of ether oxygens (including phenoxy) is 1. The third kappa shape index (κ3) is 5.89. The molecule has 6 nitrogen and oxygen atoms in total. The summed E-state index contributed by atoms with van der Waals surface area (Å²) < 4.78 is 19.6. The topological polar surface area (TPSA) is 70.1 Å². The molecule has 3 aromatic carbocycles. The highest BCUT2D eigenvalue weighted by Crippen LogP contribution is 2.40. The van der Waals surface area contributed by atoms with Gasteiger partial charge in [0, 0.05) is 12.1 Å². The first-order valence-corrected chi connectivity index (χ1v) is 12.2. The van der Waals surface area contributed by atoms with E-state index in [-0.39, 0.29) is 11.3 Å². The molecule has 192 valence electrons. The van der Waals surface area contributed by atoms with Crippen LogP contribution in [0.15, 0.2) is 78.4 Å². The molecular formula is C30H31FN2O4. The molecule has 1 amide bonds. The number of hydrogen-bond donors (Lipinski definition) is 1. The zero-order chi connectivity index (χ0) is 26.5. The van der Waals surface area contributed by atoms with Crippen molar-refractivity contribution in [3.05, 3.63) is 106 Å². The van der Waals surface area contributed by atoms with Gasteiger partial charge in [-0.1, -0.05) is 42.5 Å². The second-order valence-corrected chi connectivity index (χ2v) is 9.45. The minimum absolute atomic E-state index is 0.00233. The highest BCUT2D eigenvalue weighted by molar-refractivity contribution is 6.46. The Bertz CT molecular complexity index is 1300. The predicted octanol–water partition coefficient (Wildman–Crippen LogP) is 5.09. The van der Waals surface area contributed by atoms with Gasteiger partial charge in [-0.05, 0) is 81.0 Å². The Hall–Kier alpha value is -3.97. The summed E-state index contributed by atoms with van der Waals surface area (Å²) in [6.07, 6.45) is 0.643. The minimum atomic E-state index is -0.809. The first kappa shape index (κ1) is 26.1. The Morgan fingerprint density at radius 3 is 2.38 bits per heavy atom. The van der Waals surface area contributed by atoms with Crippen LogP contribution in [0.25, 0.3) is 5.76 Å². The number of carbonyl (C=O) groups is 2. The second kappa shape index (κ2) is 11.4. The maximum Gasteiger partial charge on any atom is 0.295 e. The maximum atomic E-state index is 13.7. The highest BCUT2D eigenvalue weighted by atomic mass is 19.1. The molecule has 0 radical (unpaired) electrons. The summed E-state index contributed by atoms with van der Waals surface area (Å²) in [5.41, 5.74) is 2.72. The van der Waals surface area contributed by atoms with Crippen LogP contribution in [0.5, 0.6) is 5.75 Å². The fraction of sp³-hybridized carbons (Fsp3) is 0.267. The van der Waals surface area contributed by atoms with Crippen LogP contribution < -0.4 is 4.74 Å². The van der Waals surface area contributed by atoms with Crippen molar-refractivity contribution in [2.24, 2.45) is 0 Å². The van der Waals surface area contributed by atoms with E-state index in [9.17, 15) is 19.1 Å². The van der Waals surface area contributed by atoms with Crippen LogP contribution in [-0.2, 0) is 16.2 Å². The van der Waals surface area contributed by atoms with Crippen LogP contribution in [-0.4, -0.2) is 53.8 Å². The molecule has 0 unspecified atom stereocenters. The maximum absolute atomic E-state index is 13.7. The van der Waals surface area contributed by atoms with E-state index in [0.29, 0.717) is 42.0 Å². The summed E-state index contributed by atoms with van der Waals surface area (Å²) in [5.74, 6) is -1.47. The van der Waals surface area contributed by atoms with E-state index in [0.717, 1.165) is 12.1 Å². The van der Waals surface area contributed by atoms with E-state index >= 15 is 0 Å². The number of nitrogens with zero attached hydrogens (tertiary/aromatic N) is 2. The predicted molar refractivity (Wildman–Crippen MR) is 141 cm³/mol. The summed E-state index contributed by atoms with van der Waals surface area (Å²) >= 11 is 0. The number of aliphatic hydroxyl groups is 1. The van der Waals surface area contributed by atoms with Gasteiger partial charge in [0.05, 0.1) is 11.6 Å². The fourth-order valence-electron chi connectivity index (χ4n) is 4.54. The zero-order valence-corrected chi connectivity index (χ0v) is 21.3. The number of likely N-dealkylation sites (tertiary alicyclic amines) is 1. The van der Waals surface area contributed by atoms with E-state index in [2.05, 4.69) is 0 Å². The SMILES string of the molecule is Cc1cc(OCc2ccccc2)ccc1/C(O)=C1\C(=O)C(=O)N(CCCN(C)C)[C@@H]1c1ccc(F)cc1. The van der Waals surface area contributed by atoms with Gasteiger partial charge in [0.25, 0.3) is 11.7 Å². The Morgan fingerprint density at radius 2 is 1.73 bits per heavy atom. The molecule has 1 aliphatic rings. The van der Waals surface area contributed by atoms with Gasteiger partial charge in [-0.2, -0.15) is 0 Å². The molecular weight excluding hydrogens is 471 g/mol. The van der Waals surface area contributed by atoms with Crippen molar-refractivity contribution in [2.75, 3.05) is 27.2 Å². The molecule has 1 N–H and O–H groups in total. The first-order valence-electron chi connectivity index (χ1n) is 12.2. The van der Waals surface area contributed by atoms with E-state index in [1.807, 2.05) is 56.3 Å². The average molecular weight is 503 g/mol. The Morgan fingerprint density at radius 1 is 1.03 bits per heavy atom. The Kier molecular flexibility index (Phi) is 8.04. The molecule has 1 heterocycles. The number of hydrogen-bond acceptors (Lipinski definition) is 5. The quantitative estimate of drug-likeness (QED) is 0.251. The number of halogens is 1. The highest BCUT2D eigenvalue weighted by Gasteiger charge is 2.45. The van der Waals surface area contributed by atoms with Crippen molar-refractivity contribution in [3.8, 4) is 5.75 Å². The molecule has 37 heavy (non-hydrogen) atoms. The molecule has 0 aromatic heterocycles. The molecule has 0 spiro atoms. The number of amides is 1. The third-order valence-electron chi connectivity index (χ3n) is 6.43. The molecule has 0 saturated carbocycles. The summed E-state index contributed by atoms with van der Waals surface area (Å²) in [4.78, 5) is 29.7. The van der Waals surface area contributed by atoms with Gasteiger partial charge in [-0.25, -0.2) is 4.39 Å². The van der Waals surface area contributed by atoms with Crippen molar-refractivity contribution in [3.63, 3.8) is 0 Å². The Balaban J connectivity index is 1.68. The average Bonchev–Trinajstić information content (AvgIpc) is 3.13. The molecule has 3 aromatic rings. The molecule has 1 saturated heterocycles. The zero-order valence-electron chi connectivity index (χ0n) is 21.3. The molecule has 0 bridgehead atoms. The van der Waals surface area contributed by atoms with Crippen LogP contribution >= 0.6 is 0 Å². The molecule has 1 fully saturated rings. The molecule has 1 aliphatic heterocycles. The third-order valence-corrected chi connectivity index (χ3v) is 6.43.